The van der Waals surface area contributed by atoms with Crippen LogP contribution in [0.25, 0.3) is 0 Å². The minimum atomic E-state index is -0.206. The summed E-state index contributed by atoms with van der Waals surface area (Å²) in [7, 11) is 0. The summed E-state index contributed by atoms with van der Waals surface area (Å²) in [5.74, 6) is -0.206. The fourth-order valence-corrected chi connectivity index (χ4v) is 4.05. The summed E-state index contributed by atoms with van der Waals surface area (Å²) in [5, 5.41) is 7.03. The first kappa shape index (κ1) is 14.7. The van der Waals surface area contributed by atoms with Gasteiger partial charge in [-0.2, -0.15) is 11.8 Å². The van der Waals surface area contributed by atoms with Gasteiger partial charge in [0.2, 0.25) is 0 Å². The van der Waals surface area contributed by atoms with E-state index in [2.05, 4.69) is 16.6 Å². The zero-order valence-electron chi connectivity index (χ0n) is 11.3. The van der Waals surface area contributed by atoms with E-state index in [0.29, 0.717) is 17.9 Å². The summed E-state index contributed by atoms with van der Waals surface area (Å²) in [6.07, 6.45) is 6.20. The quantitative estimate of drug-likeness (QED) is 0.819. The van der Waals surface area contributed by atoms with Crippen LogP contribution in [0.3, 0.4) is 0 Å². The Hall–Kier alpha value is -0.750. The van der Waals surface area contributed by atoms with E-state index in [-0.39, 0.29) is 12.4 Å². The summed E-state index contributed by atoms with van der Waals surface area (Å²) in [4.78, 5) is 15.8. The summed E-state index contributed by atoms with van der Waals surface area (Å²) in [6.45, 7) is 2.24. The molecular weight excluding hydrogens is 280 g/mol. The highest BCUT2D eigenvalue weighted by molar-refractivity contribution is 7.99. The molecule has 0 aromatic carbocycles. The molecule has 1 heterocycles. The van der Waals surface area contributed by atoms with E-state index < -0.39 is 0 Å². The van der Waals surface area contributed by atoms with Crippen molar-refractivity contribution in [3.63, 3.8) is 0 Å². The number of thioether (sulfide) groups is 1. The van der Waals surface area contributed by atoms with Gasteiger partial charge in [-0.3, -0.25) is 4.79 Å². The van der Waals surface area contributed by atoms with Crippen molar-refractivity contribution in [2.45, 2.75) is 43.9 Å². The molecule has 106 valence electrons. The number of rotatable bonds is 6. The van der Waals surface area contributed by atoms with Gasteiger partial charge in [-0.15, -0.1) is 11.3 Å². The Bertz CT molecular complexity index is 423. The predicted molar refractivity (Wildman–Crippen MR) is 81.0 cm³/mol. The zero-order valence-corrected chi connectivity index (χ0v) is 13.0. The lowest BCUT2D eigenvalue weighted by atomic mass is 10.2. The molecule has 1 saturated carbocycles. The Morgan fingerprint density at radius 3 is 3.21 bits per heavy atom. The van der Waals surface area contributed by atoms with Crippen molar-refractivity contribution in [1.29, 1.82) is 0 Å². The number of hydrogen-bond acceptors (Lipinski definition) is 6. The van der Waals surface area contributed by atoms with Gasteiger partial charge >= 0.3 is 5.97 Å². The SMILES string of the molecule is CCOC(=O)Cc1csc(NC2CCCC2SC)n1. The van der Waals surface area contributed by atoms with Gasteiger partial charge in [0.1, 0.15) is 0 Å². The molecule has 4 nitrogen and oxygen atoms in total. The summed E-state index contributed by atoms with van der Waals surface area (Å²) < 4.78 is 4.92. The number of nitrogens with one attached hydrogen (secondary N) is 1. The van der Waals surface area contributed by atoms with Gasteiger partial charge in [-0.05, 0) is 26.0 Å². The van der Waals surface area contributed by atoms with Crippen molar-refractivity contribution in [3.8, 4) is 0 Å². The van der Waals surface area contributed by atoms with Crippen molar-refractivity contribution in [3.05, 3.63) is 11.1 Å². The third kappa shape index (κ3) is 4.11. The molecule has 6 heteroatoms. The number of carbonyl (C=O) groups is 1. The Morgan fingerprint density at radius 2 is 2.47 bits per heavy atom. The smallest absolute Gasteiger partial charge is 0.311 e. The average molecular weight is 300 g/mol. The molecule has 2 rings (SSSR count). The van der Waals surface area contributed by atoms with E-state index in [4.69, 9.17) is 4.74 Å². The van der Waals surface area contributed by atoms with E-state index in [9.17, 15) is 4.79 Å². The maximum Gasteiger partial charge on any atom is 0.311 e. The molecule has 1 N–H and O–H groups in total. The maximum absolute atomic E-state index is 11.4. The van der Waals surface area contributed by atoms with Crippen LogP contribution in [0.5, 0.6) is 0 Å². The van der Waals surface area contributed by atoms with Crippen LogP contribution < -0.4 is 5.32 Å². The van der Waals surface area contributed by atoms with Crippen LogP contribution in [0.1, 0.15) is 31.9 Å². The number of hydrogen-bond donors (Lipinski definition) is 1. The van der Waals surface area contributed by atoms with Crippen LogP contribution in [0.2, 0.25) is 0 Å². The average Bonchev–Trinajstić information content (AvgIpc) is 2.99. The van der Waals surface area contributed by atoms with E-state index in [1.165, 1.54) is 19.3 Å². The number of aromatic nitrogens is 1. The molecule has 0 aliphatic heterocycles. The van der Waals surface area contributed by atoms with Gasteiger partial charge < -0.3 is 10.1 Å². The molecule has 0 saturated heterocycles. The van der Waals surface area contributed by atoms with Crippen LogP contribution in [0.15, 0.2) is 5.38 Å². The summed E-state index contributed by atoms with van der Waals surface area (Å²) in [5.41, 5.74) is 0.796. The highest BCUT2D eigenvalue weighted by atomic mass is 32.2. The molecule has 2 unspecified atom stereocenters. The van der Waals surface area contributed by atoms with Crippen LogP contribution in [-0.4, -0.2) is 35.1 Å². The first-order chi connectivity index (χ1) is 9.22. The van der Waals surface area contributed by atoms with Crippen molar-refractivity contribution in [2.24, 2.45) is 0 Å². The fraction of sp³-hybridized carbons (Fsp3) is 0.692. The van der Waals surface area contributed by atoms with Crippen molar-refractivity contribution in [1.82, 2.24) is 4.98 Å². The first-order valence-electron chi connectivity index (χ1n) is 6.62. The zero-order chi connectivity index (χ0) is 13.7. The minimum Gasteiger partial charge on any atom is -0.466 e. The lowest BCUT2D eigenvalue weighted by Crippen LogP contribution is -2.25. The molecule has 0 amide bonds. The highest BCUT2D eigenvalue weighted by Gasteiger charge is 2.26. The Labute approximate surface area is 122 Å². The highest BCUT2D eigenvalue weighted by Crippen LogP contribution is 2.31. The second-order valence-electron chi connectivity index (χ2n) is 4.58. The van der Waals surface area contributed by atoms with Gasteiger partial charge in [0.15, 0.2) is 5.13 Å². The van der Waals surface area contributed by atoms with Crippen LogP contribution in [0, 0.1) is 0 Å². The minimum absolute atomic E-state index is 0.206. The number of ether oxygens (including phenoxy) is 1. The molecule has 1 aliphatic rings. The van der Waals surface area contributed by atoms with E-state index in [1.54, 1.807) is 11.3 Å². The molecule has 1 fully saturated rings. The van der Waals surface area contributed by atoms with E-state index in [1.807, 2.05) is 24.1 Å². The Balaban J connectivity index is 1.88. The van der Waals surface area contributed by atoms with Crippen molar-refractivity contribution in [2.75, 3.05) is 18.2 Å². The van der Waals surface area contributed by atoms with E-state index >= 15 is 0 Å². The van der Waals surface area contributed by atoms with Crippen molar-refractivity contribution >= 4 is 34.2 Å². The van der Waals surface area contributed by atoms with Gasteiger partial charge in [-0.1, -0.05) is 6.42 Å². The number of esters is 1. The number of carbonyl (C=O) groups excluding carboxylic acids is 1. The molecule has 0 radical (unpaired) electrons. The molecule has 0 spiro atoms. The lowest BCUT2D eigenvalue weighted by Gasteiger charge is -2.18. The van der Waals surface area contributed by atoms with Crippen LogP contribution in [0.4, 0.5) is 5.13 Å². The maximum atomic E-state index is 11.4. The molecular formula is C13H20N2O2S2. The number of nitrogens with zero attached hydrogens (tertiary/aromatic N) is 1. The second kappa shape index (κ2) is 7.14. The molecule has 19 heavy (non-hydrogen) atoms. The standard InChI is InChI=1S/C13H20N2O2S2/c1-3-17-12(16)7-9-8-19-13(14-9)15-10-5-4-6-11(10)18-2/h8,10-11H,3-7H2,1-2H3,(H,14,15). The normalized spacial score (nSPS) is 22.4. The van der Waals surface area contributed by atoms with E-state index in [0.717, 1.165) is 10.8 Å². The lowest BCUT2D eigenvalue weighted by molar-refractivity contribution is -0.142. The number of thiazole rings is 1. The predicted octanol–water partition coefficient (Wildman–Crippen LogP) is 2.94. The third-order valence-corrected chi connectivity index (χ3v) is 5.24. The first-order valence-corrected chi connectivity index (χ1v) is 8.79. The second-order valence-corrected chi connectivity index (χ2v) is 6.52. The van der Waals surface area contributed by atoms with Gasteiger partial charge in [0.05, 0.1) is 18.7 Å². The fourth-order valence-electron chi connectivity index (χ4n) is 2.35. The van der Waals surface area contributed by atoms with Gasteiger partial charge in [-0.25, -0.2) is 4.98 Å². The summed E-state index contributed by atoms with van der Waals surface area (Å²) >= 11 is 3.49. The Kier molecular flexibility index (Phi) is 5.51. The molecule has 1 aliphatic carbocycles. The number of anilines is 1. The monoisotopic (exact) mass is 300 g/mol. The van der Waals surface area contributed by atoms with Crippen molar-refractivity contribution < 1.29 is 9.53 Å². The largest absolute Gasteiger partial charge is 0.466 e. The topological polar surface area (TPSA) is 51.2 Å². The van der Waals surface area contributed by atoms with Gasteiger partial charge in [0, 0.05) is 16.7 Å². The molecule has 0 bridgehead atoms. The van der Waals surface area contributed by atoms with Crippen LogP contribution >= 0.6 is 23.1 Å². The third-order valence-electron chi connectivity index (χ3n) is 3.25. The summed E-state index contributed by atoms with van der Waals surface area (Å²) in [6, 6.07) is 0.511. The molecule has 1 aromatic heterocycles. The Morgan fingerprint density at radius 1 is 1.63 bits per heavy atom. The molecule has 2 atom stereocenters. The molecule has 1 aromatic rings. The van der Waals surface area contributed by atoms with Gasteiger partial charge in [0.25, 0.3) is 0 Å². The van der Waals surface area contributed by atoms with Crippen LogP contribution in [-0.2, 0) is 16.0 Å².